The minimum Gasteiger partial charge on any atom is -0.273 e. The molecule has 0 aliphatic rings. The first kappa shape index (κ1) is 20.1. The first-order valence-electron chi connectivity index (χ1n) is 10.2. The SMILES string of the molecule is CC(C)=NC(NC(C)C)=[N+](Cc1c2ccccc2cc2ccccc12)C(C)C. The van der Waals surface area contributed by atoms with Gasteiger partial charge in [0.1, 0.15) is 0 Å². The summed E-state index contributed by atoms with van der Waals surface area (Å²) in [6.45, 7) is 13.7. The quantitative estimate of drug-likeness (QED) is 0.268. The van der Waals surface area contributed by atoms with E-state index in [0.717, 1.165) is 18.2 Å². The third-order valence-corrected chi connectivity index (χ3v) is 4.85. The van der Waals surface area contributed by atoms with Crippen LogP contribution in [0.4, 0.5) is 0 Å². The van der Waals surface area contributed by atoms with Gasteiger partial charge in [0.2, 0.25) is 0 Å². The molecule has 1 N–H and O–H groups in total. The Hall–Kier alpha value is -2.68. The van der Waals surface area contributed by atoms with Gasteiger partial charge in [0.05, 0.1) is 24.3 Å². The van der Waals surface area contributed by atoms with Crippen LogP contribution in [0.25, 0.3) is 21.5 Å². The van der Waals surface area contributed by atoms with E-state index in [1.165, 1.54) is 27.1 Å². The molecule has 0 bridgehead atoms. The highest BCUT2D eigenvalue weighted by molar-refractivity contribution is 6.02. The second-order valence-corrected chi connectivity index (χ2v) is 8.20. The molecule has 0 heterocycles. The number of guanidine groups is 1. The van der Waals surface area contributed by atoms with E-state index in [-0.39, 0.29) is 0 Å². The van der Waals surface area contributed by atoms with Crippen LogP contribution < -0.4 is 5.32 Å². The van der Waals surface area contributed by atoms with Gasteiger partial charge in [-0.3, -0.25) is 9.89 Å². The smallest absolute Gasteiger partial charge is 0.273 e. The average molecular weight is 375 g/mol. The van der Waals surface area contributed by atoms with E-state index in [0.29, 0.717) is 12.1 Å². The standard InChI is InChI=1S/C25H31N3/c1-17(2)26-25(27-18(3)4)28(19(5)6)16-24-22-13-9-7-11-20(22)15-21-12-8-10-14-23(21)24/h7-15,17,19H,16H2,1-6H3/p+1. The fourth-order valence-electron chi connectivity index (χ4n) is 3.60. The van der Waals surface area contributed by atoms with E-state index in [1.54, 1.807) is 0 Å². The molecule has 0 atom stereocenters. The van der Waals surface area contributed by atoms with Crippen LogP contribution in [-0.4, -0.2) is 28.3 Å². The van der Waals surface area contributed by atoms with Gasteiger partial charge in [-0.1, -0.05) is 53.5 Å². The predicted molar refractivity (Wildman–Crippen MR) is 123 cm³/mol. The average Bonchev–Trinajstić information content (AvgIpc) is 2.63. The molecule has 28 heavy (non-hydrogen) atoms. The van der Waals surface area contributed by atoms with Gasteiger partial charge in [-0.05, 0) is 69.2 Å². The highest BCUT2D eigenvalue weighted by Crippen LogP contribution is 2.29. The molecule has 0 saturated carbocycles. The number of nitrogens with one attached hydrogen (secondary N) is 1. The number of fused-ring (bicyclic) bond motifs is 2. The van der Waals surface area contributed by atoms with Crippen molar-refractivity contribution in [3.63, 3.8) is 0 Å². The van der Waals surface area contributed by atoms with Crippen molar-refractivity contribution in [3.05, 3.63) is 60.2 Å². The van der Waals surface area contributed by atoms with Crippen LogP contribution in [0.3, 0.4) is 0 Å². The zero-order valence-corrected chi connectivity index (χ0v) is 18.0. The Bertz CT molecular complexity index is 984. The van der Waals surface area contributed by atoms with Gasteiger partial charge < -0.3 is 0 Å². The van der Waals surface area contributed by atoms with Gasteiger partial charge in [0.25, 0.3) is 0 Å². The lowest BCUT2D eigenvalue weighted by molar-refractivity contribution is -0.576. The minimum atomic E-state index is 0.321. The fraction of sp³-hybridized carbons (Fsp3) is 0.360. The first-order chi connectivity index (χ1) is 13.4. The molecule has 0 amide bonds. The third kappa shape index (κ3) is 4.41. The van der Waals surface area contributed by atoms with Crippen molar-refractivity contribution in [2.75, 3.05) is 0 Å². The highest BCUT2D eigenvalue weighted by Gasteiger charge is 2.20. The Labute approximate surface area is 168 Å². The van der Waals surface area contributed by atoms with Gasteiger partial charge in [0.15, 0.2) is 0 Å². The van der Waals surface area contributed by atoms with Crippen molar-refractivity contribution in [1.82, 2.24) is 5.32 Å². The summed E-state index contributed by atoms with van der Waals surface area (Å²) in [5.74, 6) is 0.946. The summed E-state index contributed by atoms with van der Waals surface area (Å²) in [7, 11) is 0. The normalized spacial score (nSPS) is 12.6. The van der Waals surface area contributed by atoms with E-state index < -0.39 is 0 Å². The second-order valence-electron chi connectivity index (χ2n) is 8.20. The Morgan fingerprint density at radius 2 is 1.43 bits per heavy atom. The van der Waals surface area contributed by atoms with E-state index in [9.17, 15) is 0 Å². The molecule has 0 spiro atoms. The van der Waals surface area contributed by atoms with Gasteiger partial charge in [-0.25, -0.2) is 0 Å². The summed E-state index contributed by atoms with van der Waals surface area (Å²) in [5.41, 5.74) is 2.41. The summed E-state index contributed by atoms with van der Waals surface area (Å²) in [4.78, 5) is 4.84. The van der Waals surface area contributed by atoms with Gasteiger partial charge in [0, 0.05) is 5.56 Å². The zero-order valence-electron chi connectivity index (χ0n) is 18.0. The number of benzene rings is 3. The number of hydrogen-bond acceptors (Lipinski definition) is 0. The van der Waals surface area contributed by atoms with Crippen LogP contribution in [0.5, 0.6) is 0 Å². The van der Waals surface area contributed by atoms with Crippen LogP contribution in [0, 0.1) is 0 Å². The summed E-state index contributed by atoms with van der Waals surface area (Å²) >= 11 is 0. The maximum Gasteiger partial charge on any atom is 0.387 e. The maximum absolute atomic E-state index is 4.84. The van der Waals surface area contributed by atoms with Crippen molar-refractivity contribution in [2.45, 2.75) is 60.2 Å². The van der Waals surface area contributed by atoms with E-state index >= 15 is 0 Å². The van der Waals surface area contributed by atoms with Crippen molar-refractivity contribution in [3.8, 4) is 0 Å². The van der Waals surface area contributed by atoms with Crippen molar-refractivity contribution < 1.29 is 4.58 Å². The molecule has 0 saturated heterocycles. The Balaban J connectivity index is 2.27. The molecule has 0 aliphatic heterocycles. The number of nitrogens with zero attached hydrogens (tertiary/aromatic N) is 2. The van der Waals surface area contributed by atoms with Crippen molar-refractivity contribution >= 4 is 33.2 Å². The third-order valence-electron chi connectivity index (χ3n) is 4.85. The first-order valence-corrected chi connectivity index (χ1v) is 10.2. The van der Waals surface area contributed by atoms with Crippen LogP contribution in [0.1, 0.15) is 47.1 Å². The summed E-state index contributed by atoms with van der Waals surface area (Å²) in [6.07, 6.45) is 0. The molecular formula is C25H32N3+. The molecule has 3 aromatic carbocycles. The van der Waals surface area contributed by atoms with Crippen LogP contribution in [-0.2, 0) is 6.54 Å². The number of aliphatic imine (C=N–C) groups is 1. The lowest BCUT2D eigenvalue weighted by atomic mass is 9.96. The Kier molecular flexibility index (Phi) is 6.13. The van der Waals surface area contributed by atoms with Gasteiger partial charge in [-0.2, -0.15) is 0 Å². The van der Waals surface area contributed by atoms with Crippen molar-refractivity contribution in [2.24, 2.45) is 4.99 Å². The molecule has 0 unspecified atom stereocenters. The van der Waals surface area contributed by atoms with Gasteiger partial charge >= 0.3 is 5.96 Å². The summed E-state index contributed by atoms with van der Waals surface area (Å²) < 4.78 is 2.38. The topological polar surface area (TPSA) is 27.4 Å². The molecule has 3 heteroatoms. The maximum atomic E-state index is 4.84. The highest BCUT2D eigenvalue weighted by atomic mass is 15.2. The molecule has 0 aliphatic carbocycles. The molecular weight excluding hydrogens is 342 g/mol. The van der Waals surface area contributed by atoms with Crippen molar-refractivity contribution in [1.29, 1.82) is 0 Å². The molecule has 3 rings (SSSR count). The Morgan fingerprint density at radius 1 is 0.893 bits per heavy atom. The minimum absolute atomic E-state index is 0.321. The summed E-state index contributed by atoms with van der Waals surface area (Å²) in [5, 5.41) is 8.76. The Morgan fingerprint density at radius 3 is 1.89 bits per heavy atom. The lowest BCUT2D eigenvalue weighted by Crippen LogP contribution is -2.39. The lowest BCUT2D eigenvalue weighted by Gasteiger charge is -2.19. The van der Waals surface area contributed by atoms with E-state index in [2.05, 4.69) is 92.2 Å². The zero-order chi connectivity index (χ0) is 20.3. The van der Waals surface area contributed by atoms with E-state index in [1.807, 2.05) is 13.8 Å². The summed E-state index contributed by atoms with van der Waals surface area (Å²) in [6, 6.07) is 20.3. The molecule has 3 nitrogen and oxygen atoms in total. The number of rotatable bonds is 4. The van der Waals surface area contributed by atoms with Crippen LogP contribution >= 0.6 is 0 Å². The van der Waals surface area contributed by atoms with Gasteiger partial charge in [-0.15, -0.1) is 0 Å². The number of hydrogen-bond donors (Lipinski definition) is 1. The van der Waals surface area contributed by atoms with Crippen LogP contribution in [0.2, 0.25) is 0 Å². The molecule has 0 aromatic heterocycles. The second kappa shape index (κ2) is 8.55. The molecule has 0 fully saturated rings. The molecule has 146 valence electrons. The monoisotopic (exact) mass is 374 g/mol. The molecule has 3 aromatic rings. The van der Waals surface area contributed by atoms with Crippen LogP contribution in [0.15, 0.2) is 59.6 Å². The predicted octanol–water partition coefficient (Wildman–Crippen LogP) is 5.75. The molecule has 0 radical (unpaired) electrons. The van der Waals surface area contributed by atoms with E-state index in [4.69, 9.17) is 4.99 Å². The largest absolute Gasteiger partial charge is 0.387 e. The fourth-order valence-corrected chi connectivity index (χ4v) is 3.60.